The summed E-state index contributed by atoms with van der Waals surface area (Å²) in [5, 5.41) is 9.92. The lowest BCUT2D eigenvalue weighted by molar-refractivity contribution is 0.477. The molecular formula is C14H15ClN2O3S. The molecule has 0 fully saturated rings. The molecule has 7 heteroatoms. The second-order valence-electron chi connectivity index (χ2n) is 4.50. The number of hydrogen-bond donors (Lipinski definition) is 3. The molecule has 0 heterocycles. The summed E-state index contributed by atoms with van der Waals surface area (Å²) in [7, 11) is -3.65. The lowest BCUT2D eigenvalue weighted by Crippen LogP contribution is -2.26. The number of aromatic hydroxyl groups is 1. The van der Waals surface area contributed by atoms with Gasteiger partial charge in [-0.2, -0.15) is 0 Å². The molecule has 4 N–H and O–H groups in total. The zero-order valence-electron chi connectivity index (χ0n) is 11.1. The molecule has 0 amide bonds. The number of halogens is 1. The number of nitrogens with two attached hydrogens (primary N) is 1. The van der Waals surface area contributed by atoms with E-state index in [-0.39, 0.29) is 22.9 Å². The first-order valence-electron chi connectivity index (χ1n) is 6.21. The molecule has 0 unspecified atom stereocenters. The Morgan fingerprint density at radius 1 is 1.19 bits per heavy atom. The van der Waals surface area contributed by atoms with Gasteiger partial charge in [0, 0.05) is 11.6 Å². The summed E-state index contributed by atoms with van der Waals surface area (Å²) in [5.41, 5.74) is 6.46. The van der Waals surface area contributed by atoms with Gasteiger partial charge in [-0.1, -0.05) is 23.7 Å². The average molecular weight is 327 g/mol. The Hall–Kier alpha value is -1.76. The molecular weight excluding hydrogens is 312 g/mol. The van der Waals surface area contributed by atoms with Gasteiger partial charge in [0.05, 0.1) is 10.6 Å². The van der Waals surface area contributed by atoms with Crippen LogP contribution in [0.5, 0.6) is 5.75 Å². The van der Waals surface area contributed by atoms with Gasteiger partial charge in [0.15, 0.2) is 0 Å². The standard InChI is InChI=1S/C14H15ClN2O3S/c15-11-3-1-2-10(8-11)6-7-17-21(19,20)12-4-5-14(18)13(16)9-12/h1-5,8-9,17-18H,6-7,16H2. The molecule has 5 nitrogen and oxygen atoms in total. The molecule has 0 aliphatic carbocycles. The average Bonchev–Trinajstić information content (AvgIpc) is 2.41. The highest BCUT2D eigenvalue weighted by Gasteiger charge is 2.14. The van der Waals surface area contributed by atoms with Gasteiger partial charge >= 0.3 is 0 Å². The fourth-order valence-electron chi connectivity index (χ4n) is 1.81. The number of nitrogens with one attached hydrogen (secondary N) is 1. The van der Waals surface area contributed by atoms with Crippen molar-refractivity contribution in [3.05, 3.63) is 53.1 Å². The number of phenolic OH excluding ortho intramolecular Hbond substituents is 1. The maximum Gasteiger partial charge on any atom is 0.240 e. The summed E-state index contributed by atoms with van der Waals surface area (Å²) >= 11 is 5.87. The Morgan fingerprint density at radius 2 is 1.95 bits per heavy atom. The van der Waals surface area contributed by atoms with E-state index in [0.717, 1.165) is 5.56 Å². The molecule has 0 radical (unpaired) electrons. The largest absolute Gasteiger partial charge is 0.506 e. The number of phenols is 1. The van der Waals surface area contributed by atoms with Crippen LogP contribution in [0.3, 0.4) is 0 Å². The van der Waals surface area contributed by atoms with Gasteiger partial charge in [-0.05, 0) is 42.3 Å². The minimum atomic E-state index is -3.65. The Morgan fingerprint density at radius 3 is 2.62 bits per heavy atom. The predicted octanol–water partition coefficient (Wildman–Crippen LogP) is 2.15. The first-order chi connectivity index (χ1) is 9.88. The molecule has 2 rings (SSSR count). The summed E-state index contributed by atoms with van der Waals surface area (Å²) in [6, 6.07) is 11.0. The maximum atomic E-state index is 12.1. The van der Waals surface area contributed by atoms with E-state index < -0.39 is 10.0 Å². The third-order valence-corrected chi connectivity index (χ3v) is 4.60. The van der Waals surface area contributed by atoms with Crippen LogP contribution in [0.1, 0.15) is 5.56 Å². The molecule has 0 bridgehead atoms. The summed E-state index contributed by atoms with van der Waals surface area (Å²) in [6.45, 7) is 0.240. The number of rotatable bonds is 5. The first kappa shape index (κ1) is 15.6. The summed E-state index contributed by atoms with van der Waals surface area (Å²) < 4.78 is 26.6. The number of benzene rings is 2. The molecule has 0 aliphatic rings. The van der Waals surface area contributed by atoms with E-state index in [4.69, 9.17) is 17.3 Å². The zero-order chi connectivity index (χ0) is 15.5. The van der Waals surface area contributed by atoms with Crippen LogP contribution in [0.2, 0.25) is 5.02 Å². The zero-order valence-corrected chi connectivity index (χ0v) is 12.7. The van der Waals surface area contributed by atoms with E-state index in [2.05, 4.69) is 4.72 Å². The van der Waals surface area contributed by atoms with Crippen molar-refractivity contribution in [2.75, 3.05) is 12.3 Å². The van der Waals surface area contributed by atoms with Crippen LogP contribution in [-0.2, 0) is 16.4 Å². The van der Waals surface area contributed by atoms with Crippen molar-refractivity contribution in [1.82, 2.24) is 4.72 Å². The van der Waals surface area contributed by atoms with Crippen LogP contribution in [0, 0.1) is 0 Å². The molecule has 0 spiro atoms. The van der Waals surface area contributed by atoms with Crippen molar-refractivity contribution in [1.29, 1.82) is 0 Å². The molecule has 0 aromatic heterocycles. The van der Waals surface area contributed by atoms with Crippen molar-refractivity contribution in [3.8, 4) is 5.75 Å². The molecule has 112 valence electrons. The van der Waals surface area contributed by atoms with Crippen molar-refractivity contribution >= 4 is 27.3 Å². The van der Waals surface area contributed by atoms with Gasteiger partial charge in [0.1, 0.15) is 5.75 Å². The summed E-state index contributed by atoms with van der Waals surface area (Å²) in [5.74, 6) is -0.145. The van der Waals surface area contributed by atoms with Gasteiger partial charge in [-0.25, -0.2) is 13.1 Å². The van der Waals surface area contributed by atoms with E-state index in [1.807, 2.05) is 12.1 Å². The van der Waals surface area contributed by atoms with Crippen molar-refractivity contribution < 1.29 is 13.5 Å². The molecule has 21 heavy (non-hydrogen) atoms. The molecule has 0 atom stereocenters. The van der Waals surface area contributed by atoms with Crippen LogP contribution in [0.15, 0.2) is 47.4 Å². The Kier molecular flexibility index (Phi) is 4.72. The van der Waals surface area contributed by atoms with Crippen LogP contribution in [-0.4, -0.2) is 20.1 Å². The lowest BCUT2D eigenvalue weighted by Gasteiger charge is -2.08. The third-order valence-electron chi connectivity index (χ3n) is 2.90. The van der Waals surface area contributed by atoms with Crippen molar-refractivity contribution in [2.45, 2.75) is 11.3 Å². The molecule has 0 saturated heterocycles. The summed E-state index contributed by atoms with van der Waals surface area (Å²) in [4.78, 5) is 0.0175. The van der Waals surface area contributed by atoms with Crippen LogP contribution >= 0.6 is 11.6 Å². The van der Waals surface area contributed by atoms with E-state index >= 15 is 0 Å². The first-order valence-corrected chi connectivity index (χ1v) is 8.07. The minimum absolute atomic E-state index is 0.0175. The van der Waals surface area contributed by atoms with Gasteiger partial charge in [0.25, 0.3) is 0 Å². The number of anilines is 1. The van der Waals surface area contributed by atoms with Crippen LogP contribution < -0.4 is 10.5 Å². The van der Waals surface area contributed by atoms with Gasteiger partial charge in [-0.3, -0.25) is 0 Å². The van der Waals surface area contributed by atoms with Crippen molar-refractivity contribution in [3.63, 3.8) is 0 Å². The molecule has 0 saturated carbocycles. The highest BCUT2D eigenvalue weighted by Crippen LogP contribution is 2.23. The molecule has 2 aromatic carbocycles. The minimum Gasteiger partial charge on any atom is -0.506 e. The number of hydrogen-bond acceptors (Lipinski definition) is 4. The van der Waals surface area contributed by atoms with Crippen LogP contribution in [0.25, 0.3) is 0 Å². The fourth-order valence-corrected chi connectivity index (χ4v) is 3.08. The van der Waals surface area contributed by atoms with Gasteiger partial charge < -0.3 is 10.8 Å². The lowest BCUT2D eigenvalue weighted by atomic mass is 10.2. The highest BCUT2D eigenvalue weighted by molar-refractivity contribution is 7.89. The number of nitrogen functional groups attached to an aromatic ring is 1. The third kappa shape index (κ3) is 4.10. The predicted molar refractivity (Wildman–Crippen MR) is 82.9 cm³/mol. The van der Waals surface area contributed by atoms with E-state index in [1.54, 1.807) is 12.1 Å². The Bertz CT molecular complexity index is 748. The fraction of sp³-hybridized carbons (Fsp3) is 0.143. The van der Waals surface area contributed by atoms with Crippen molar-refractivity contribution in [2.24, 2.45) is 0 Å². The van der Waals surface area contributed by atoms with Crippen LogP contribution in [0.4, 0.5) is 5.69 Å². The quantitative estimate of drug-likeness (QED) is 0.580. The molecule has 0 aliphatic heterocycles. The maximum absolute atomic E-state index is 12.1. The van der Waals surface area contributed by atoms with E-state index in [0.29, 0.717) is 11.4 Å². The second-order valence-corrected chi connectivity index (χ2v) is 6.70. The van der Waals surface area contributed by atoms with Gasteiger partial charge in [-0.15, -0.1) is 0 Å². The number of sulfonamides is 1. The Labute approximate surface area is 128 Å². The molecule has 2 aromatic rings. The normalized spacial score (nSPS) is 11.5. The van der Waals surface area contributed by atoms with E-state index in [9.17, 15) is 13.5 Å². The SMILES string of the molecule is Nc1cc(S(=O)(=O)NCCc2cccc(Cl)c2)ccc1O. The summed E-state index contributed by atoms with van der Waals surface area (Å²) in [6.07, 6.45) is 0.521. The van der Waals surface area contributed by atoms with Gasteiger partial charge in [0.2, 0.25) is 10.0 Å². The van der Waals surface area contributed by atoms with E-state index in [1.165, 1.54) is 18.2 Å². The monoisotopic (exact) mass is 326 g/mol. The second kappa shape index (κ2) is 6.34. The smallest absolute Gasteiger partial charge is 0.240 e. The highest BCUT2D eigenvalue weighted by atomic mass is 35.5. The Balaban J connectivity index is 2.03. The topological polar surface area (TPSA) is 92.4 Å².